The molecule has 0 spiro atoms. The molecule has 0 amide bonds. The number of benzene rings is 2. The average Bonchev–Trinajstić information content (AvgIpc) is 2.38. The summed E-state index contributed by atoms with van der Waals surface area (Å²) >= 11 is 5.94. The second-order valence-corrected chi connectivity index (χ2v) is 5.75. The van der Waals surface area contributed by atoms with Crippen LogP contribution in [0, 0.1) is 17.5 Å². The fourth-order valence-corrected chi connectivity index (χ4v) is 2.85. The molecule has 21 heavy (non-hydrogen) atoms. The highest BCUT2D eigenvalue weighted by Crippen LogP contribution is 2.39. The third-order valence-electron chi connectivity index (χ3n) is 3.81. The summed E-state index contributed by atoms with van der Waals surface area (Å²) in [5.74, 6) is -2.67. The summed E-state index contributed by atoms with van der Waals surface area (Å²) < 4.78 is 39.8. The van der Waals surface area contributed by atoms with E-state index in [0.717, 1.165) is 24.5 Å². The van der Waals surface area contributed by atoms with Gasteiger partial charge in [0.1, 0.15) is 5.82 Å². The SMILES string of the molecule is Fc1cc(F)c(F)c(NC2CC(c3cccc(Cl)c3)C2)c1. The van der Waals surface area contributed by atoms with E-state index >= 15 is 0 Å². The molecule has 0 radical (unpaired) electrons. The molecule has 1 saturated carbocycles. The zero-order chi connectivity index (χ0) is 15.0. The largest absolute Gasteiger partial charge is 0.380 e. The van der Waals surface area contributed by atoms with Crippen LogP contribution in [-0.2, 0) is 0 Å². The summed E-state index contributed by atoms with van der Waals surface area (Å²) in [6.45, 7) is 0. The van der Waals surface area contributed by atoms with Gasteiger partial charge in [-0.25, -0.2) is 13.2 Å². The summed E-state index contributed by atoms with van der Waals surface area (Å²) in [5.41, 5.74) is 1.01. The van der Waals surface area contributed by atoms with Gasteiger partial charge in [0, 0.05) is 23.2 Å². The van der Waals surface area contributed by atoms with Crippen molar-refractivity contribution < 1.29 is 13.2 Å². The third kappa shape index (κ3) is 3.00. The monoisotopic (exact) mass is 311 g/mol. The first-order valence-corrected chi connectivity index (χ1v) is 7.07. The quantitative estimate of drug-likeness (QED) is 0.776. The predicted octanol–water partition coefficient (Wildman–Crippen LogP) is 5.12. The highest BCUT2D eigenvalue weighted by atomic mass is 35.5. The summed E-state index contributed by atoms with van der Waals surface area (Å²) in [7, 11) is 0. The lowest BCUT2D eigenvalue weighted by Gasteiger charge is -2.37. The Morgan fingerprint density at radius 2 is 1.81 bits per heavy atom. The van der Waals surface area contributed by atoms with E-state index in [1.807, 2.05) is 24.3 Å². The first-order chi connectivity index (χ1) is 10.0. The summed E-state index contributed by atoms with van der Waals surface area (Å²) in [5, 5.41) is 3.54. The van der Waals surface area contributed by atoms with Crippen LogP contribution in [0.2, 0.25) is 5.02 Å². The molecule has 5 heteroatoms. The Morgan fingerprint density at radius 1 is 1.05 bits per heavy atom. The molecule has 1 nitrogen and oxygen atoms in total. The maximum atomic E-state index is 13.6. The zero-order valence-electron chi connectivity index (χ0n) is 11.0. The lowest BCUT2D eigenvalue weighted by Crippen LogP contribution is -2.34. The van der Waals surface area contributed by atoms with Gasteiger partial charge in [-0.1, -0.05) is 23.7 Å². The van der Waals surface area contributed by atoms with E-state index in [1.165, 1.54) is 0 Å². The Bertz CT molecular complexity index is 669. The summed E-state index contributed by atoms with van der Waals surface area (Å²) in [4.78, 5) is 0. The smallest absolute Gasteiger partial charge is 0.182 e. The molecule has 1 aliphatic carbocycles. The van der Waals surface area contributed by atoms with Gasteiger partial charge in [-0.05, 0) is 36.5 Å². The molecule has 3 rings (SSSR count). The van der Waals surface area contributed by atoms with Gasteiger partial charge in [0.2, 0.25) is 0 Å². The van der Waals surface area contributed by atoms with Crippen molar-refractivity contribution in [2.75, 3.05) is 5.32 Å². The Hall–Kier alpha value is -1.68. The van der Waals surface area contributed by atoms with Crippen LogP contribution >= 0.6 is 11.6 Å². The molecule has 0 aliphatic heterocycles. The summed E-state index contributed by atoms with van der Waals surface area (Å²) in [6, 6.07) is 9.12. The fraction of sp³-hybridized carbons (Fsp3) is 0.250. The minimum absolute atomic E-state index is 0.00433. The van der Waals surface area contributed by atoms with Crippen LogP contribution in [0.15, 0.2) is 36.4 Å². The Kier molecular flexibility index (Phi) is 3.81. The van der Waals surface area contributed by atoms with Crippen LogP contribution in [0.1, 0.15) is 24.3 Å². The van der Waals surface area contributed by atoms with Crippen LogP contribution in [0.5, 0.6) is 0 Å². The van der Waals surface area contributed by atoms with Crippen molar-refractivity contribution in [2.24, 2.45) is 0 Å². The highest BCUT2D eigenvalue weighted by Gasteiger charge is 2.31. The van der Waals surface area contributed by atoms with Gasteiger partial charge in [-0.2, -0.15) is 0 Å². The standard InChI is InChI=1S/C16H13ClF3N/c17-11-3-1-2-9(4-11)10-5-13(6-10)21-15-8-12(18)7-14(19)16(15)20/h1-4,7-8,10,13,21H,5-6H2. The minimum Gasteiger partial charge on any atom is -0.380 e. The molecule has 1 N–H and O–H groups in total. The Balaban J connectivity index is 1.65. The van der Waals surface area contributed by atoms with Crippen LogP contribution in [0.25, 0.3) is 0 Å². The van der Waals surface area contributed by atoms with Gasteiger partial charge in [0.25, 0.3) is 0 Å². The highest BCUT2D eigenvalue weighted by molar-refractivity contribution is 6.30. The number of halogens is 4. The van der Waals surface area contributed by atoms with Gasteiger partial charge < -0.3 is 5.32 Å². The van der Waals surface area contributed by atoms with Crippen molar-refractivity contribution in [3.63, 3.8) is 0 Å². The average molecular weight is 312 g/mol. The number of rotatable bonds is 3. The molecule has 1 fully saturated rings. The molecule has 0 bridgehead atoms. The minimum atomic E-state index is -1.18. The second-order valence-electron chi connectivity index (χ2n) is 5.31. The number of nitrogens with one attached hydrogen (secondary N) is 1. The van der Waals surface area contributed by atoms with Gasteiger partial charge in [-0.15, -0.1) is 0 Å². The van der Waals surface area contributed by atoms with Crippen molar-refractivity contribution in [3.8, 4) is 0 Å². The summed E-state index contributed by atoms with van der Waals surface area (Å²) in [6.07, 6.45) is 1.55. The molecule has 0 saturated heterocycles. The number of hydrogen-bond donors (Lipinski definition) is 1. The van der Waals surface area contributed by atoms with E-state index in [4.69, 9.17) is 11.6 Å². The number of hydrogen-bond acceptors (Lipinski definition) is 1. The molecule has 2 aromatic rings. The third-order valence-corrected chi connectivity index (χ3v) is 4.05. The van der Waals surface area contributed by atoms with Crippen molar-refractivity contribution in [3.05, 3.63) is 64.4 Å². The Labute approximate surface area is 125 Å². The van der Waals surface area contributed by atoms with Crippen LogP contribution < -0.4 is 5.32 Å². The van der Waals surface area contributed by atoms with Crippen molar-refractivity contribution in [2.45, 2.75) is 24.8 Å². The van der Waals surface area contributed by atoms with E-state index in [9.17, 15) is 13.2 Å². The predicted molar refractivity (Wildman–Crippen MR) is 77.2 cm³/mol. The number of anilines is 1. The van der Waals surface area contributed by atoms with Crippen LogP contribution in [0.4, 0.5) is 18.9 Å². The molecule has 0 atom stereocenters. The second kappa shape index (κ2) is 5.60. The van der Waals surface area contributed by atoms with Gasteiger partial charge in [0.05, 0.1) is 5.69 Å². The maximum Gasteiger partial charge on any atom is 0.182 e. The lowest BCUT2D eigenvalue weighted by atomic mass is 9.76. The van der Waals surface area contributed by atoms with E-state index in [2.05, 4.69) is 5.32 Å². The van der Waals surface area contributed by atoms with E-state index < -0.39 is 17.5 Å². The molecular formula is C16H13ClF3N. The zero-order valence-corrected chi connectivity index (χ0v) is 11.8. The van der Waals surface area contributed by atoms with E-state index in [-0.39, 0.29) is 11.7 Å². The van der Waals surface area contributed by atoms with Gasteiger partial charge >= 0.3 is 0 Å². The van der Waals surface area contributed by atoms with Gasteiger partial charge in [-0.3, -0.25) is 0 Å². The van der Waals surface area contributed by atoms with E-state index in [0.29, 0.717) is 17.0 Å². The van der Waals surface area contributed by atoms with Crippen molar-refractivity contribution >= 4 is 17.3 Å². The molecule has 0 heterocycles. The fourth-order valence-electron chi connectivity index (χ4n) is 2.65. The maximum absolute atomic E-state index is 13.6. The van der Waals surface area contributed by atoms with Crippen molar-refractivity contribution in [1.29, 1.82) is 0 Å². The topological polar surface area (TPSA) is 12.0 Å². The van der Waals surface area contributed by atoms with Gasteiger partial charge in [0.15, 0.2) is 11.6 Å². The van der Waals surface area contributed by atoms with E-state index in [1.54, 1.807) is 0 Å². The lowest BCUT2D eigenvalue weighted by molar-refractivity contribution is 0.371. The van der Waals surface area contributed by atoms with Crippen molar-refractivity contribution in [1.82, 2.24) is 0 Å². The normalized spacial score (nSPS) is 21.0. The molecular weight excluding hydrogens is 299 g/mol. The molecule has 1 aliphatic rings. The molecule has 0 unspecified atom stereocenters. The van der Waals surface area contributed by atoms with Crippen LogP contribution in [0.3, 0.4) is 0 Å². The molecule has 110 valence electrons. The first kappa shape index (κ1) is 14.3. The molecule has 0 aromatic heterocycles. The molecule has 2 aromatic carbocycles. The Morgan fingerprint density at radius 3 is 2.52 bits per heavy atom. The van der Waals surface area contributed by atoms with Crippen LogP contribution in [-0.4, -0.2) is 6.04 Å². The first-order valence-electron chi connectivity index (χ1n) is 6.69.